The van der Waals surface area contributed by atoms with Crippen molar-refractivity contribution >= 4 is 34.8 Å². The summed E-state index contributed by atoms with van der Waals surface area (Å²) in [6, 6.07) is 2.15. The van der Waals surface area contributed by atoms with Gasteiger partial charge in [-0.25, -0.2) is 4.98 Å². The van der Waals surface area contributed by atoms with Gasteiger partial charge in [-0.05, 0) is 0 Å². The van der Waals surface area contributed by atoms with Crippen LogP contribution in [0.1, 0.15) is 16.2 Å². The molecule has 1 amide bonds. The van der Waals surface area contributed by atoms with Gasteiger partial charge in [0.2, 0.25) is 0 Å². The highest BCUT2D eigenvalue weighted by atomic mass is 35.5. The summed E-state index contributed by atoms with van der Waals surface area (Å²) in [5, 5.41) is 17.2. The number of nitro benzene ring substituents is 1. The molecule has 8 nitrogen and oxygen atoms in total. The first kappa shape index (κ1) is 15.2. The van der Waals surface area contributed by atoms with Gasteiger partial charge in [-0.15, -0.1) is 0 Å². The Balaban J connectivity index is 2.20. The van der Waals surface area contributed by atoms with Crippen molar-refractivity contribution in [2.75, 3.05) is 0 Å². The van der Waals surface area contributed by atoms with E-state index in [-0.39, 0.29) is 27.8 Å². The number of carbonyl (C=O) groups excluding carboxylic acids is 1. The number of hydrogen-bond donors (Lipinski definition) is 1. The Morgan fingerprint density at radius 2 is 2.19 bits per heavy atom. The van der Waals surface area contributed by atoms with Gasteiger partial charge in [0.05, 0.1) is 27.1 Å². The van der Waals surface area contributed by atoms with E-state index in [0.29, 0.717) is 5.82 Å². The zero-order valence-corrected chi connectivity index (χ0v) is 12.2. The molecule has 0 aliphatic carbocycles. The highest BCUT2D eigenvalue weighted by Gasteiger charge is 2.19. The normalized spacial score (nSPS) is 10.4. The molecule has 1 N–H and O–H groups in total. The number of aryl methyl sites for hydroxylation is 1. The third-order valence-corrected chi connectivity index (χ3v) is 3.32. The van der Waals surface area contributed by atoms with Crippen molar-refractivity contribution in [1.29, 1.82) is 0 Å². The first-order chi connectivity index (χ1) is 9.88. The highest BCUT2D eigenvalue weighted by molar-refractivity contribution is 6.44. The molecule has 1 aromatic heterocycles. The van der Waals surface area contributed by atoms with Crippen molar-refractivity contribution in [3.05, 3.63) is 50.0 Å². The summed E-state index contributed by atoms with van der Waals surface area (Å²) < 4.78 is 1.48. The molecule has 0 bridgehead atoms. The summed E-state index contributed by atoms with van der Waals surface area (Å²) >= 11 is 11.7. The molecule has 0 aliphatic rings. The van der Waals surface area contributed by atoms with Crippen LogP contribution in [0.5, 0.6) is 0 Å². The molecular weight excluding hydrogens is 321 g/mol. The van der Waals surface area contributed by atoms with Crippen LogP contribution in [0.4, 0.5) is 5.69 Å². The molecule has 10 heteroatoms. The summed E-state index contributed by atoms with van der Waals surface area (Å²) in [6.07, 6.45) is 1.48. The Hall–Kier alpha value is -2.19. The van der Waals surface area contributed by atoms with Crippen molar-refractivity contribution in [2.45, 2.75) is 6.54 Å². The van der Waals surface area contributed by atoms with E-state index >= 15 is 0 Å². The molecule has 0 radical (unpaired) electrons. The lowest BCUT2D eigenvalue weighted by atomic mass is 10.2. The van der Waals surface area contributed by atoms with Crippen LogP contribution in [-0.2, 0) is 13.6 Å². The number of non-ortho nitro benzene ring substituents is 1. The van der Waals surface area contributed by atoms with E-state index in [1.54, 1.807) is 7.05 Å². The smallest absolute Gasteiger partial charge is 0.271 e. The number of amides is 1. The Bertz CT molecular complexity index is 716. The number of carbonyl (C=O) groups is 1. The maximum Gasteiger partial charge on any atom is 0.271 e. The average molecular weight is 330 g/mol. The Morgan fingerprint density at radius 3 is 2.76 bits per heavy atom. The second-order valence-electron chi connectivity index (χ2n) is 4.06. The monoisotopic (exact) mass is 329 g/mol. The summed E-state index contributed by atoms with van der Waals surface area (Å²) in [5.74, 6) is -0.198. The van der Waals surface area contributed by atoms with Crippen molar-refractivity contribution in [3.8, 4) is 0 Å². The molecule has 1 heterocycles. The van der Waals surface area contributed by atoms with E-state index in [2.05, 4.69) is 15.4 Å². The van der Waals surface area contributed by atoms with E-state index in [1.165, 1.54) is 11.0 Å². The summed E-state index contributed by atoms with van der Waals surface area (Å²) in [4.78, 5) is 26.1. The third-order valence-electron chi connectivity index (χ3n) is 2.52. The zero-order chi connectivity index (χ0) is 15.6. The lowest BCUT2D eigenvalue weighted by Crippen LogP contribution is -2.24. The summed E-state index contributed by atoms with van der Waals surface area (Å²) in [5.41, 5.74) is -0.391. The topological polar surface area (TPSA) is 103 Å². The molecule has 1 aromatic carbocycles. The molecule has 2 aromatic rings. The van der Waals surface area contributed by atoms with Crippen molar-refractivity contribution in [3.63, 3.8) is 0 Å². The minimum atomic E-state index is -0.653. The maximum atomic E-state index is 12.0. The number of halogens is 2. The Labute approximate surface area is 128 Å². The van der Waals surface area contributed by atoms with Gasteiger partial charge in [0.25, 0.3) is 11.6 Å². The molecule has 110 valence electrons. The van der Waals surface area contributed by atoms with Crippen LogP contribution < -0.4 is 5.32 Å². The van der Waals surface area contributed by atoms with Gasteiger partial charge in [0.1, 0.15) is 6.33 Å². The minimum Gasteiger partial charge on any atom is -0.345 e. The fourth-order valence-corrected chi connectivity index (χ4v) is 1.97. The lowest BCUT2D eigenvalue weighted by molar-refractivity contribution is -0.384. The first-order valence-electron chi connectivity index (χ1n) is 5.64. The Kier molecular flexibility index (Phi) is 4.39. The second-order valence-corrected chi connectivity index (χ2v) is 4.85. The standard InChI is InChI=1S/C11H9Cl2N5O3/c1-17-5-15-9(16-17)4-14-11(19)7-2-6(18(20)21)3-8(12)10(7)13/h2-3,5H,4H2,1H3,(H,14,19). The van der Waals surface area contributed by atoms with Gasteiger partial charge in [-0.3, -0.25) is 19.6 Å². The molecule has 0 saturated heterocycles. The van der Waals surface area contributed by atoms with Gasteiger partial charge in [-0.1, -0.05) is 23.2 Å². The fraction of sp³-hybridized carbons (Fsp3) is 0.182. The quantitative estimate of drug-likeness (QED) is 0.682. The van der Waals surface area contributed by atoms with E-state index in [9.17, 15) is 14.9 Å². The van der Waals surface area contributed by atoms with Gasteiger partial charge in [0.15, 0.2) is 5.82 Å². The molecule has 0 spiro atoms. The van der Waals surface area contributed by atoms with E-state index in [1.807, 2.05) is 0 Å². The molecule has 0 saturated carbocycles. The van der Waals surface area contributed by atoms with Crippen LogP contribution >= 0.6 is 23.2 Å². The number of rotatable bonds is 4. The molecule has 0 atom stereocenters. The van der Waals surface area contributed by atoms with Crippen molar-refractivity contribution in [1.82, 2.24) is 20.1 Å². The number of nitro groups is 1. The molecular formula is C11H9Cl2N5O3. The minimum absolute atomic E-state index is 0.0475. The third kappa shape index (κ3) is 3.47. The fourth-order valence-electron chi connectivity index (χ4n) is 1.56. The van der Waals surface area contributed by atoms with Gasteiger partial charge >= 0.3 is 0 Å². The van der Waals surface area contributed by atoms with Crippen LogP contribution in [0, 0.1) is 10.1 Å². The average Bonchev–Trinajstić information content (AvgIpc) is 2.84. The maximum absolute atomic E-state index is 12.0. The number of nitrogens with one attached hydrogen (secondary N) is 1. The number of hydrogen-bond acceptors (Lipinski definition) is 5. The number of benzene rings is 1. The molecule has 0 aliphatic heterocycles. The number of aromatic nitrogens is 3. The van der Waals surface area contributed by atoms with Gasteiger partial charge in [0, 0.05) is 19.2 Å². The van der Waals surface area contributed by atoms with Crippen LogP contribution in [0.3, 0.4) is 0 Å². The highest BCUT2D eigenvalue weighted by Crippen LogP contribution is 2.30. The summed E-state index contributed by atoms with van der Waals surface area (Å²) in [6.45, 7) is 0.0658. The predicted molar refractivity (Wildman–Crippen MR) is 75.3 cm³/mol. The molecule has 21 heavy (non-hydrogen) atoms. The SMILES string of the molecule is Cn1cnc(CNC(=O)c2cc([N+](=O)[O-])cc(Cl)c2Cl)n1. The van der Waals surface area contributed by atoms with Crippen LogP contribution in [-0.4, -0.2) is 25.6 Å². The molecule has 0 fully saturated rings. The first-order valence-corrected chi connectivity index (χ1v) is 6.40. The van der Waals surface area contributed by atoms with E-state index in [0.717, 1.165) is 12.1 Å². The lowest BCUT2D eigenvalue weighted by Gasteiger charge is -2.06. The molecule has 0 unspecified atom stereocenters. The summed E-state index contributed by atoms with van der Waals surface area (Å²) in [7, 11) is 1.69. The zero-order valence-electron chi connectivity index (χ0n) is 10.7. The second kappa shape index (κ2) is 6.06. The van der Waals surface area contributed by atoms with Crippen LogP contribution in [0.15, 0.2) is 18.5 Å². The van der Waals surface area contributed by atoms with Crippen LogP contribution in [0.25, 0.3) is 0 Å². The van der Waals surface area contributed by atoms with Crippen molar-refractivity contribution in [2.24, 2.45) is 7.05 Å². The van der Waals surface area contributed by atoms with Crippen LogP contribution in [0.2, 0.25) is 10.0 Å². The van der Waals surface area contributed by atoms with Gasteiger partial charge < -0.3 is 5.32 Å². The predicted octanol–water partition coefficient (Wildman–Crippen LogP) is 1.96. The largest absolute Gasteiger partial charge is 0.345 e. The molecule has 2 rings (SSSR count). The van der Waals surface area contributed by atoms with Gasteiger partial charge in [-0.2, -0.15) is 5.10 Å². The Morgan fingerprint density at radius 1 is 1.48 bits per heavy atom. The van der Waals surface area contributed by atoms with E-state index < -0.39 is 10.8 Å². The van der Waals surface area contributed by atoms with Crippen molar-refractivity contribution < 1.29 is 9.72 Å². The number of nitrogens with zero attached hydrogens (tertiary/aromatic N) is 4. The van der Waals surface area contributed by atoms with E-state index in [4.69, 9.17) is 23.2 Å².